The molecular formula is C29H35N7O3S3. The van der Waals surface area contributed by atoms with Gasteiger partial charge in [-0.15, -0.1) is 11.3 Å². The van der Waals surface area contributed by atoms with Gasteiger partial charge < -0.3 is 21.3 Å². The highest BCUT2D eigenvalue weighted by atomic mass is 32.2. The second-order valence-corrected chi connectivity index (χ2v) is 14.1. The summed E-state index contributed by atoms with van der Waals surface area (Å²) in [7, 11) is -3.96. The van der Waals surface area contributed by atoms with Crippen LogP contribution >= 0.6 is 23.6 Å². The lowest BCUT2D eigenvalue weighted by Crippen LogP contribution is -2.40. The van der Waals surface area contributed by atoms with Gasteiger partial charge in [-0.25, -0.2) is 22.9 Å². The average molecular weight is 626 g/mol. The Morgan fingerprint density at radius 3 is 2.43 bits per heavy atom. The first-order valence-corrected chi connectivity index (χ1v) is 16.1. The van der Waals surface area contributed by atoms with Gasteiger partial charge >= 0.3 is 6.03 Å². The molecule has 0 bridgehead atoms. The number of aromatic nitrogens is 1. The lowest BCUT2D eigenvalue weighted by molar-refractivity contribution is 0.253. The molecule has 3 aromatic rings. The lowest BCUT2D eigenvalue weighted by Gasteiger charge is -2.22. The van der Waals surface area contributed by atoms with Crippen molar-refractivity contribution in [3.8, 4) is 21.0 Å². The summed E-state index contributed by atoms with van der Waals surface area (Å²) in [5.74, 6) is 0. The molecule has 10 nitrogen and oxygen atoms in total. The van der Waals surface area contributed by atoms with E-state index in [2.05, 4.69) is 36.0 Å². The van der Waals surface area contributed by atoms with Gasteiger partial charge in [-0.3, -0.25) is 4.99 Å². The van der Waals surface area contributed by atoms with E-state index in [1.165, 1.54) is 17.4 Å². The van der Waals surface area contributed by atoms with E-state index in [1.807, 2.05) is 44.2 Å². The number of thiocarbonyl (C=S) groups is 1. The number of carbonyl (C=O) groups is 1. The molecule has 1 aliphatic heterocycles. The van der Waals surface area contributed by atoms with E-state index < -0.39 is 21.6 Å². The van der Waals surface area contributed by atoms with Gasteiger partial charge in [-0.2, -0.15) is 0 Å². The zero-order valence-corrected chi connectivity index (χ0v) is 26.6. The van der Waals surface area contributed by atoms with Crippen molar-refractivity contribution in [2.45, 2.75) is 57.5 Å². The van der Waals surface area contributed by atoms with Gasteiger partial charge in [0.2, 0.25) is 10.0 Å². The van der Waals surface area contributed by atoms with Crippen LogP contribution in [0.15, 0.2) is 70.8 Å². The molecule has 0 radical (unpaired) electrons. The van der Waals surface area contributed by atoms with Gasteiger partial charge in [-0.1, -0.05) is 12.1 Å². The Kier molecular flexibility index (Phi) is 9.77. The van der Waals surface area contributed by atoms with Crippen molar-refractivity contribution in [2.75, 3.05) is 17.2 Å². The Morgan fingerprint density at radius 1 is 1.07 bits per heavy atom. The van der Waals surface area contributed by atoms with Crippen LogP contribution < -0.4 is 26.0 Å². The number of benzene rings is 2. The number of aliphatic imine (C=N–C) groups is 1. The molecule has 4 rings (SSSR count). The summed E-state index contributed by atoms with van der Waals surface area (Å²) in [5.41, 5.74) is 2.68. The van der Waals surface area contributed by atoms with E-state index in [1.54, 1.807) is 45.3 Å². The van der Waals surface area contributed by atoms with Crippen molar-refractivity contribution in [3.05, 3.63) is 60.9 Å². The predicted octanol–water partition coefficient (Wildman–Crippen LogP) is 5.73. The smallest absolute Gasteiger partial charge is 0.319 e. The van der Waals surface area contributed by atoms with Crippen LogP contribution in [0.25, 0.3) is 21.0 Å². The Balaban J connectivity index is 1.58. The lowest BCUT2D eigenvalue weighted by atomic mass is 10.1. The molecule has 0 fully saturated rings. The van der Waals surface area contributed by atoms with Gasteiger partial charge in [0.25, 0.3) is 0 Å². The van der Waals surface area contributed by atoms with Crippen LogP contribution in [-0.4, -0.2) is 48.4 Å². The summed E-state index contributed by atoms with van der Waals surface area (Å²) < 4.78 is 29.8. The van der Waals surface area contributed by atoms with Crippen molar-refractivity contribution in [1.82, 2.24) is 20.3 Å². The van der Waals surface area contributed by atoms with Crippen molar-refractivity contribution < 1.29 is 13.2 Å². The Labute approximate surface area is 256 Å². The molecule has 1 aliphatic rings. The zero-order chi connectivity index (χ0) is 30.5. The van der Waals surface area contributed by atoms with Crippen LogP contribution in [0.4, 0.5) is 16.2 Å². The normalized spacial score (nSPS) is 13.1. The number of carbonyl (C=O) groups excluding carboxylic acids is 1. The van der Waals surface area contributed by atoms with Crippen LogP contribution in [0.1, 0.15) is 41.0 Å². The topological polar surface area (TPSA) is 137 Å². The van der Waals surface area contributed by atoms with E-state index in [0.717, 1.165) is 22.0 Å². The third-order valence-electron chi connectivity index (χ3n) is 5.72. The van der Waals surface area contributed by atoms with Crippen LogP contribution in [0, 0.1) is 0 Å². The van der Waals surface area contributed by atoms with Crippen LogP contribution in [0.2, 0.25) is 0 Å². The highest BCUT2D eigenvalue weighted by Gasteiger charge is 2.26. The number of thiazole rings is 1. The molecule has 0 saturated carbocycles. The van der Waals surface area contributed by atoms with Crippen molar-refractivity contribution in [3.63, 3.8) is 0 Å². The molecule has 2 amide bonds. The minimum Gasteiger partial charge on any atom is -0.360 e. The molecule has 2 aromatic carbocycles. The number of nitrogens with one attached hydrogen (secondary N) is 5. The van der Waals surface area contributed by atoms with E-state index >= 15 is 0 Å². The molecular weight excluding hydrogens is 591 g/mol. The van der Waals surface area contributed by atoms with Crippen molar-refractivity contribution in [2.24, 2.45) is 4.99 Å². The first kappa shape index (κ1) is 31.3. The second kappa shape index (κ2) is 13.1. The average Bonchev–Trinajstić information content (AvgIpc) is 3.59. The number of allylic oxidation sites excluding steroid dienone is 1. The number of rotatable bonds is 9. The van der Waals surface area contributed by atoms with E-state index in [-0.39, 0.29) is 10.9 Å². The maximum Gasteiger partial charge on any atom is 0.319 e. The zero-order valence-electron chi connectivity index (χ0n) is 24.1. The van der Waals surface area contributed by atoms with Gasteiger partial charge in [0.1, 0.15) is 5.01 Å². The minimum atomic E-state index is -3.96. The summed E-state index contributed by atoms with van der Waals surface area (Å²) in [6.07, 6.45) is 5.96. The molecule has 0 spiro atoms. The number of urea groups is 1. The Hall–Kier alpha value is -3.65. The molecule has 42 heavy (non-hydrogen) atoms. The van der Waals surface area contributed by atoms with Gasteiger partial charge in [0.05, 0.1) is 16.3 Å². The monoisotopic (exact) mass is 625 g/mol. The Morgan fingerprint density at radius 2 is 1.79 bits per heavy atom. The highest BCUT2D eigenvalue weighted by molar-refractivity contribution is 7.89. The summed E-state index contributed by atoms with van der Waals surface area (Å²) >= 11 is 6.70. The number of hydrogen-bond acceptors (Lipinski definition) is 7. The minimum absolute atomic E-state index is 0.0421. The maximum absolute atomic E-state index is 13.5. The van der Waals surface area contributed by atoms with E-state index in [0.29, 0.717) is 34.2 Å². The van der Waals surface area contributed by atoms with Crippen molar-refractivity contribution >= 4 is 61.8 Å². The van der Waals surface area contributed by atoms with Gasteiger partial charge in [-0.05, 0) is 83.2 Å². The maximum atomic E-state index is 13.5. The van der Waals surface area contributed by atoms with Crippen LogP contribution in [0.3, 0.4) is 0 Å². The third kappa shape index (κ3) is 8.68. The predicted molar refractivity (Wildman–Crippen MR) is 176 cm³/mol. The first-order valence-electron chi connectivity index (χ1n) is 13.4. The number of sulfonamides is 1. The number of anilines is 2. The van der Waals surface area contributed by atoms with Gasteiger partial charge in [0, 0.05) is 58.6 Å². The second-order valence-electron chi connectivity index (χ2n) is 11.0. The molecule has 5 N–H and O–H groups in total. The molecule has 1 aromatic heterocycles. The summed E-state index contributed by atoms with van der Waals surface area (Å²) in [4.78, 5) is 22.0. The fraction of sp³-hybridized carbons (Fsp3) is 0.310. The molecule has 0 unspecified atom stereocenters. The molecule has 222 valence electrons. The first-order chi connectivity index (χ1) is 19.8. The molecule has 0 aliphatic carbocycles. The Bertz CT molecular complexity index is 1620. The third-order valence-corrected chi connectivity index (χ3v) is 8.82. The summed E-state index contributed by atoms with van der Waals surface area (Å²) in [6.45, 7) is 9.65. The number of amides is 2. The fourth-order valence-corrected chi connectivity index (χ4v) is 7.06. The largest absolute Gasteiger partial charge is 0.360 e. The molecule has 0 saturated heterocycles. The molecule has 2 heterocycles. The number of nitrogens with zero attached hydrogens (tertiary/aromatic N) is 2. The van der Waals surface area contributed by atoms with Crippen molar-refractivity contribution in [1.29, 1.82) is 0 Å². The van der Waals surface area contributed by atoms with E-state index in [9.17, 15) is 13.2 Å². The van der Waals surface area contributed by atoms with Crippen LogP contribution in [-0.2, 0) is 10.0 Å². The molecule has 13 heteroatoms. The molecule has 0 atom stereocenters. The quantitative estimate of drug-likeness (QED) is 0.192. The van der Waals surface area contributed by atoms with Crippen LogP contribution in [0.5, 0.6) is 0 Å². The van der Waals surface area contributed by atoms with Gasteiger partial charge in [0.15, 0.2) is 5.11 Å². The fourth-order valence-electron chi connectivity index (χ4n) is 4.02. The summed E-state index contributed by atoms with van der Waals surface area (Å²) in [5, 5.41) is 13.1. The highest BCUT2D eigenvalue weighted by Crippen LogP contribution is 2.37. The standard InChI is InChI=1S/C29H35N7O3S3/c1-18(2)33-28(40)35-20-10-8-19(9-11-20)26-31-17-24(41-26)23-13-12-21(15-25(23)42(38,39)36-29(3,4)5)34-27(37)32-16-22-7-6-14-30-22/h6,8-15,17-18,36H,7,16H2,1-5H3,(H2,32,34,37)(H2,33,35,40). The SMILES string of the molecule is CC(C)NC(=S)Nc1ccc(-c2ncc(-c3ccc(NC(=O)NCC4=NC=CC4)cc3S(=O)(=O)NC(C)(C)C)s2)cc1. The summed E-state index contributed by atoms with van der Waals surface area (Å²) in [6, 6.07) is 12.3. The van der Waals surface area contributed by atoms with E-state index in [4.69, 9.17) is 12.2 Å². The number of hydrogen-bond donors (Lipinski definition) is 5.